The second-order valence-electron chi connectivity index (χ2n) is 10.4. The number of unbranched alkanes of at least 4 members (excludes halogenated alkanes) is 9. The molecule has 2 heterocycles. The third-order valence-corrected chi connectivity index (χ3v) is 8.11. The molecule has 1 amide bonds. The van der Waals surface area contributed by atoms with Crippen molar-refractivity contribution >= 4 is 40.6 Å². The van der Waals surface area contributed by atoms with Crippen molar-refractivity contribution in [1.29, 1.82) is 0 Å². The Kier molecular flexibility index (Phi) is 12.3. The highest BCUT2D eigenvalue weighted by Crippen LogP contribution is 2.34. The lowest BCUT2D eigenvalue weighted by atomic mass is 10.0. The SMILES string of the molecule is CCCCCCCCCCCCc1ccc(NC(=O)C2=NOC(=O)\C2=C/C=C/C=C2\C=CSc3ccccc32)cc1. The van der Waals surface area contributed by atoms with Crippen LogP contribution in [0.5, 0.6) is 0 Å². The Labute approximate surface area is 248 Å². The van der Waals surface area contributed by atoms with Crippen molar-refractivity contribution in [2.24, 2.45) is 5.16 Å². The van der Waals surface area contributed by atoms with Gasteiger partial charge in [0.05, 0.1) is 5.57 Å². The molecule has 0 aliphatic carbocycles. The number of allylic oxidation sites excluding steroid dienone is 6. The molecule has 2 aromatic carbocycles. The highest BCUT2D eigenvalue weighted by Gasteiger charge is 2.30. The average Bonchev–Trinajstić information content (AvgIpc) is 3.37. The van der Waals surface area contributed by atoms with Gasteiger partial charge in [0.1, 0.15) is 0 Å². The standard InChI is InChI=1S/C35H40N2O3S/c1-2-3-4-5-6-7-8-9-10-11-16-27-21-23-29(24-22-27)36-34(38)33-31(35(39)40-37-33)19-13-12-17-28-25-26-41-32-20-15-14-18-30(28)32/h12-15,17-26H,2-11,16H2,1H3,(H,36,38)/b13-12+,28-17+,31-19-. The lowest BCUT2D eigenvalue weighted by Crippen LogP contribution is -2.24. The Morgan fingerprint density at radius 1 is 0.878 bits per heavy atom. The Bertz CT molecular complexity index is 1340. The maximum absolute atomic E-state index is 12.9. The van der Waals surface area contributed by atoms with Gasteiger partial charge in [-0.25, -0.2) is 4.79 Å². The predicted molar refractivity (Wildman–Crippen MR) is 171 cm³/mol. The number of amides is 1. The average molecular weight is 569 g/mol. The molecule has 4 rings (SSSR count). The molecule has 214 valence electrons. The van der Waals surface area contributed by atoms with Gasteiger partial charge in [-0.2, -0.15) is 0 Å². The van der Waals surface area contributed by atoms with E-state index in [9.17, 15) is 9.59 Å². The summed E-state index contributed by atoms with van der Waals surface area (Å²) in [6.45, 7) is 2.26. The number of anilines is 1. The van der Waals surface area contributed by atoms with Crippen molar-refractivity contribution in [3.63, 3.8) is 0 Å². The smallest absolute Gasteiger partial charge is 0.321 e. The first-order valence-electron chi connectivity index (χ1n) is 14.9. The van der Waals surface area contributed by atoms with Crippen LogP contribution in [-0.4, -0.2) is 17.6 Å². The molecule has 0 unspecified atom stereocenters. The molecule has 0 fully saturated rings. The minimum absolute atomic E-state index is 0.0268. The van der Waals surface area contributed by atoms with E-state index in [0.29, 0.717) is 5.69 Å². The molecule has 0 saturated heterocycles. The number of nitrogens with zero attached hydrogens (tertiary/aromatic N) is 1. The Hall–Kier alpha value is -3.64. The summed E-state index contributed by atoms with van der Waals surface area (Å²) in [7, 11) is 0. The molecule has 2 aromatic rings. The summed E-state index contributed by atoms with van der Waals surface area (Å²) in [5.74, 6) is -1.11. The van der Waals surface area contributed by atoms with E-state index >= 15 is 0 Å². The number of carbonyl (C=O) groups is 2. The Morgan fingerprint density at radius 2 is 1.56 bits per heavy atom. The molecule has 0 spiro atoms. The van der Waals surface area contributed by atoms with Crippen molar-refractivity contribution < 1.29 is 14.4 Å². The van der Waals surface area contributed by atoms with E-state index in [1.165, 1.54) is 74.7 Å². The highest BCUT2D eigenvalue weighted by molar-refractivity contribution is 8.02. The van der Waals surface area contributed by atoms with Crippen molar-refractivity contribution in [1.82, 2.24) is 0 Å². The molecular formula is C35H40N2O3S. The highest BCUT2D eigenvalue weighted by atomic mass is 32.2. The normalized spacial score (nSPS) is 16.3. The molecule has 0 aromatic heterocycles. The second kappa shape index (κ2) is 16.6. The largest absolute Gasteiger partial charge is 0.368 e. The van der Waals surface area contributed by atoms with Gasteiger partial charge < -0.3 is 10.2 Å². The summed E-state index contributed by atoms with van der Waals surface area (Å²) in [6, 6.07) is 16.1. The van der Waals surface area contributed by atoms with E-state index in [2.05, 4.69) is 41.0 Å². The topological polar surface area (TPSA) is 67.8 Å². The van der Waals surface area contributed by atoms with Gasteiger partial charge in [-0.3, -0.25) is 4.79 Å². The Morgan fingerprint density at radius 3 is 2.32 bits per heavy atom. The lowest BCUT2D eigenvalue weighted by molar-refractivity contribution is -0.136. The molecule has 6 heteroatoms. The summed E-state index contributed by atoms with van der Waals surface area (Å²) in [6.07, 6.45) is 23.4. The zero-order chi connectivity index (χ0) is 28.7. The quantitative estimate of drug-likeness (QED) is 0.132. The van der Waals surface area contributed by atoms with Gasteiger partial charge in [-0.05, 0) is 65.3 Å². The molecule has 2 aliphatic heterocycles. The fraction of sp³-hybridized carbons (Fsp3) is 0.343. The first-order chi connectivity index (χ1) is 20.2. The summed E-state index contributed by atoms with van der Waals surface area (Å²) in [5.41, 5.74) is 4.25. The van der Waals surface area contributed by atoms with Crippen molar-refractivity contribution in [3.05, 3.63) is 101 Å². The maximum Gasteiger partial charge on any atom is 0.368 e. The molecule has 1 N–H and O–H groups in total. The van der Waals surface area contributed by atoms with Gasteiger partial charge in [0.2, 0.25) is 0 Å². The summed E-state index contributed by atoms with van der Waals surface area (Å²) < 4.78 is 0. The number of rotatable bonds is 15. The van der Waals surface area contributed by atoms with Crippen LogP contribution < -0.4 is 5.32 Å². The fourth-order valence-electron chi connectivity index (χ4n) is 4.89. The number of benzene rings is 2. The van der Waals surface area contributed by atoms with Gasteiger partial charge in [0.15, 0.2) is 5.71 Å². The zero-order valence-electron chi connectivity index (χ0n) is 23.9. The third kappa shape index (κ3) is 9.46. The summed E-state index contributed by atoms with van der Waals surface area (Å²) >= 11 is 1.69. The number of nitrogens with one attached hydrogen (secondary N) is 1. The van der Waals surface area contributed by atoms with Gasteiger partial charge in [-0.15, -0.1) is 0 Å². The van der Waals surface area contributed by atoms with E-state index in [-0.39, 0.29) is 11.3 Å². The first-order valence-corrected chi connectivity index (χ1v) is 15.7. The van der Waals surface area contributed by atoms with E-state index in [4.69, 9.17) is 4.84 Å². The minimum Gasteiger partial charge on any atom is -0.321 e. The van der Waals surface area contributed by atoms with Crippen LogP contribution in [0.3, 0.4) is 0 Å². The second-order valence-corrected chi connectivity index (χ2v) is 11.4. The van der Waals surface area contributed by atoms with Crippen LogP contribution in [0.25, 0.3) is 5.57 Å². The van der Waals surface area contributed by atoms with E-state index < -0.39 is 11.9 Å². The van der Waals surface area contributed by atoms with Gasteiger partial charge in [0, 0.05) is 10.6 Å². The van der Waals surface area contributed by atoms with Crippen molar-refractivity contribution in [2.45, 2.75) is 82.4 Å². The minimum atomic E-state index is -0.640. The van der Waals surface area contributed by atoms with Crippen LogP contribution in [0.2, 0.25) is 0 Å². The monoisotopic (exact) mass is 568 g/mol. The van der Waals surface area contributed by atoms with Crippen LogP contribution in [-0.2, 0) is 20.8 Å². The molecule has 0 saturated carbocycles. The van der Waals surface area contributed by atoms with Crippen LogP contribution in [0.15, 0.2) is 99.9 Å². The van der Waals surface area contributed by atoms with Crippen LogP contribution in [0.4, 0.5) is 5.69 Å². The van der Waals surface area contributed by atoms with Crippen molar-refractivity contribution in [2.75, 3.05) is 5.32 Å². The Balaban J connectivity index is 1.22. The van der Waals surface area contributed by atoms with Crippen molar-refractivity contribution in [3.8, 4) is 0 Å². The van der Waals surface area contributed by atoms with E-state index in [1.807, 2.05) is 48.6 Å². The number of carbonyl (C=O) groups excluding carboxylic acids is 2. The summed E-state index contributed by atoms with van der Waals surface area (Å²) in [4.78, 5) is 31.1. The number of hydrogen-bond donors (Lipinski definition) is 1. The number of fused-ring (bicyclic) bond motifs is 1. The molecule has 2 aliphatic rings. The van der Waals surface area contributed by atoms with E-state index in [1.54, 1.807) is 23.9 Å². The maximum atomic E-state index is 12.9. The lowest BCUT2D eigenvalue weighted by Gasteiger charge is -2.12. The fourth-order valence-corrected chi connectivity index (χ4v) is 5.72. The molecule has 0 bridgehead atoms. The first kappa shape index (κ1) is 30.3. The molecular weight excluding hydrogens is 528 g/mol. The molecule has 41 heavy (non-hydrogen) atoms. The molecule has 0 atom stereocenters. The van der Waals surface area contributed by atoms with Crippen LogP contribution in [0.1, 0.15) is 82.3 Å². The number of thioether (sulfide) groups is 1. The summed E-state index contributed by atoms with van der Waals surface area (Å²) in [5, 5.41) is 8.61. The molecule has 5 nitrogen and oxygen atoms in total. The third-order valence-electron chi connectivity index (χ3n) is 7.23. The van der Waals surface area contributed by atoms with Crippen LogP contribution in [0, 0.1) is 0 Å². The van der Waals surface area contributed by atoms with E-state index in [0.717, 1.165) is 17.6 Å². The van der Waals surface area contributed by atoms with Gasteiger partial charge in [-0.1, -0.05) is 130 Å². The zero-order valence-corrected chi connectivity index (χ0v) is 24.8. The predicted octanol–water partition coefficient (Wildman–Crippen LogP) is 9.19. The number of hydrogen-bond acceptors (Lipinski definition) is 5. The van der Waals surface area contributed by atoms with Gasteiger partial charge >= 0.3 is 5.97 Å². The number of oxime groups is 1. The van der Waals surface area contributed by atoms with Gasteiger partial charge in [0.25, 0.3) is 5.91 Å². The molecule has 0 radical (unpaired) electrons. The number of aryl methyl sites for hydroxylation is 1. The van der Waals surface area contributed by atoms with Crippen LogP contribution >= 0.6 is 11.8 Å².